The summed E-state index contributed by atoms with van der Waals surface area (Å²) in [5, 5.41) is 12.5. The average Bonchev–Trinajstić information content (AvgIpc) is 4.06. The number of nitrogens with zero attached hydrogens (tertiary/aromatic N) is 2. The Morgan fingerprint density at radius 3 is 1.70 bits per heavy atom. The third-order valence-electron chi connectivity index (χ3n) is 16.3. The number of fused-ring (bicyclic) bond motifs is 18. The molecule has 13 aromatic rings. The molecule has 0 N–H and O–H groups in total. The first kappa shape index (κ1) is 42.2. The van der Waals surface area contributed by atoms with E-state index in [0.29, 0.717) is 0 Å². The molecule has 346 valence electrons. The molecular formula is C72H48N2. The molecule has 0 fully saturated rings. The standard InChI is InChI=1S/C72H48N2/c1-3-4-28-66-46(2)54-21-14-16-29-67(54)72(66)68-30-17-15-27-61(68)62-41-38-53(45-69(62)72)73(52-37-40-60-58-25-11-10-23-56(58)57-24-12-13-26-59(57)64(60)44-52)51-35-31-47(32-36-51)49-34-42-70-65(43-49)63-39-33-48-18-8-9-22-55(48)71(63)74(70)50-19-6-5-7-20-50/h3-45H,1H2,2H3/b28-4-. The van der Waals surface area contributed by atoms with E-state index in [1.807, 2.05) is 6.08 Å². The first-order valence-electron chi connectivity index (χ1n) is 25.7. The largest absolute Gasteiger partial charge is 0.310 e. The Morgan fingerprint density at radius 2 is 0.959 bits per heavy atom. The van der Waals surface area contributed by atoms with Gasteiger partial charge < -0.3 is 9.47 Å². The smallest absolute Gasteiger partial charge is 0.0722 e. The fourth-order valence-corrected chi connectivity index (χ4v) is 13.2. The van der Waals surface area contributed by atoms with Gasteiger partial charge in [0, 0.05) is 38.9 Å². The zero-order chi connectivity index (χ0) is 49.1. The van der Waals surface area contributed by atoms with E-state index in [1.54, 1.807) is 0 Å². The molecule has 0 saturated carbocycles. The van der Waals surface area contributed by atoms with Crippen molar-refractivity contribution < 1.29 is 0 Å². The fraction of sp³-hybridized carbons (Fsp3) is 0.0278. The molecule has 1 spiro atoms. The predicted octanol–water partition coefficient (Wildman–Crippen LogP) is 19.4. The van der Waals surface area contributed by atoms with Crippen molar-refractivity contribution in [1.29, 1.82) is 0 Å². The van der Waals surface area contributed by atoms with Gasteiger partial charge in [-0.05, 0) is 161 Å². The first-order valence-corrected chi connectivity index (χ1v) is 25.7. The van der Waals surface area contributed by atoms with Crippen LogP contribution in [-0.2, 0) is 5.41 Å². The topological polar surface area (TPSA) is 8.17 Å². The Hall–Kier alpha value is -9.50. The van der Waals surface area contributed by atoms with Gasteiger partial charge in [0.2, 0.25) is 0 Å². The lowest BCUT2D eigenvalue weighted by Crippen LogP contribution is -2.27. The summed E-state index contributed by atoms with van der Waals surface area (Å²) in [6, 6.07) is 90.4. The van der Waals surface area contributed by atoms with Crippen LogP contribution in [0, 0.1) is 0 Å². The highest BCUT2D eigenvalue weighted by Crippen LogP contribution is 2.63. The number of rotatable bonds is 7. The summed E-state index contributed by atoms with van der Waals surface area (Å²) in [7, 11) is 0. The minimum Gasteiger partial charge on any atom is -0.310 e. The molecule has 0 aliphatic heterocycles. The third kappa shape index (κ3) is 5.94. The van der Waals surface area contributed by atoms with Crippen molar-refractivity contribution in [2.75, 3.05) is 4.90 Å². The van der Waals surface area contributed by atoms with E-state index in [9.17, 15) is 0 Å². The summed E-state index contributed by atoms with van der Waals surface area (Å²) >= 11 is 0. The molecule has 12 aromatic carbocycles. The summed E-state index contributed by atoms with van der Waals surface area (Å²) < 4.78 is 2.44. The van der Waals surface area contributed by atoms with Crippen LogP contribution in [-0.4, -0.2) is 4.57 Å². The van der Waals surface area contributed by atoms with Crippen LogP contribution < -0.4 is 4.90 Å². The van der Waals surface area contributed by atoms with Crippen molar-refractivity contribution in [1.82, 2.24) is 4.57 Å². The van der Waals surface area contributed by atoms with Crippen LogP contribution in [0.5, 0.6) is 0 Å². The van der Waals surface area contributed by atoms with Crippen LogP contribution in [0.15, 0.2) is 273 Å². The first-order chi connectivity index (χ1) is 36.6. The van der Waals surface area contributed by atoms with Crippen molar-refractivity contribution in [3.63, 3.8) is 0 Å². The minimum absolute atomic E-state index is 0.509. The minimum atomic E-state index is -0.509. The molecule has 1 aromatic heterocycles. The van der Waals surface area contributed by atoms with Crippen LogP contribution in [0.1, 0.15) is 29.2 Å². The van der Waals surface area contributed by atoms with E-state index in [0.717, 1.165) is 28.3 Å². The molecule has 0 amide bonds. The van der Waals surface area contributed by atoms with Crippen molar-refractivity contribution in [2.45, 2.75) is 12.3 Å². The molecule has 2 heteroatoms. The highest BCUT2D eigenvalue weighted by atomic mass is 15.1. The van der Waals surface area contributed by atoms with E-state index >= 15 is 0 Å². The van der Waals surface area contributed by atoms with Crippen LogP contribution >= 0.6 is 0 Å². The zero-order valence-corrected chi connectivity index (χ0v) is 40.9. The van der Waals surface area contributed by atoms with Gasteiger partial charge in [-0.3, -0.25) is 0 Å². The number of anilines is 3. The molecule has 2 nitrogen and oxygen atoms in total. The van der Waals surface area contributed by atoms with Gasteiger partial charge in [-0.2, -0.15) is 0 Å². The lowest BCUT2D eigenvalue weighted by atomic mass is 9.69. The van der Waals surface area contributed by atoms with E-state index in [-0.39, 0.29) is 0 Å². The Labute approximate surface area is 430 Å². The lowest BCUT2D eigenvalue weighted by molar-refractivity contribution is 0.786. The Kier molecular flexibility index (Phi) is 9.28. The van der Waals surface area contributed by atoms with E-state index in [4.69, 9.17) is 0 Å². The number of hydrogen-bond donors (Lipinski definition) is 0. The molecule has 0 bridgehead atoms. The Bertz CT molecular complexity index is 4530. The maximum Gasteiger partial charge on any atom is 0.0722 e. The molecular weight excluding hydrogens is 893 g/mol. The van der Waals surface area contributed by atoms with E-state index < -0.39 is 5.41 Å². The van der Waals surface area contributed by atoms with Gasteiger partial charge in [0.1, 0.15) is 0 Å². The van der Waals surface area contributed by atoms with Crippen LogP contribution in [0.4, 0.5) is 17.1 Å². The second kappa shape index (κ2) is 16.3. The number of benzene rings is 12. The molecule has 74 heavy (non-hydrogen) atoms. The molecule has 0 radical (unpaired) electrons. The maximum absolute atomic E-state index is 4.12. The van der Waals surface area contributed by atoms with Crippen LogP contribution in [0.2, 0.25) is 0 Å². The van der Waals surface area contributed by atoms with Gasteiger partial charge in [-0.1, -0.05) is 207 Å². The molecule has 0 saturated heterocycles. The quantitative estimate of drug-likeness (QED) is 0.114. The highest BCUT2D eigenvalue weighted by molar-refractivity contribution is 6.26. The molecule has 1 heterocycles. The predicted molar refractivity (Wildman–Crippen MR) is 315 cm³/mol. The van der Waals surface area contributed by atoms with E-state index in [2.05, 4.69) is 278 Å². The van der Waals surface area contributed by atoms with Crippen LogP contribution in [0.3, 0.4) is 0 Å². The third-order valence-corrected chi connectivity index (χ3v) is 16.3. The van der Waals surface area contributed by atoms with Gasteiger partial charge in [-0.15, -0.1) is 0 Å². The van der Waals surface area contributed by atoms with Gasteiger partial charge in [0.05, 0.1) is 16.4 Å². The van der Waals surface area contributed by atoms with Gasteiger partial charge >= 0.3 is 0 Å². The second-order valence-corrected chi connectivity index (χ2v) is 20.0. The normalized spacial score (nSPS) is 14.8. The summed E-state index contributed by atoms with van der Waals surface area (Å²) in [5.41, 5.74) is 19.1. The summed E-state index contributed by atoms with van der Waals surface area (Å²) in [4.78, 5) is 2.47. The molecule has 1 unspecified atom stereocenters. The molecule has 2 aliphatic rings. The number of allylic oxidation sites excluding steroid dienone is 5. The fourth-order valence-electron chi connectivity index (χ4n) is 13.2. The molecule has 15 rings (SSSR count). The Balaban J connectivity index is 0.940. The van der Waals surface area contributed by atoms with Gasteiger partial charge in [-0.25, -0.2) is 0 Å². The maximum atomic E-state index is 4.12. The van der Waals surface area contributed by atoms with Crippen molar-refractivity contribution >= 4 is 87.5 Å². The highest BCUT2D eigenvalue weighted by Gasteiger charge is 2.51. The summed E-state index contributed by atoms with van der Waals surface area (Å²) in [6.45, 7) is 6.41. The Morgan fingerprint density at radius 1 is 0.405 bits per heavy atom. The summed E-state index contributed by atoms with van der Waals surface area (Å²) in [5.74, 6) is 0. The van der Waals surface area contributed by atoms with Crippen molar-refractivity contribution in [2.24, 2.45) is 0 Å². The SMILES string of the molecule is C=C/C=C\C1=C(C)c2ccccc2C12c1ccccc1-c1ccc(N(c3ccc(-c4ccc5c(c4)c4ccc6ccccc6c4n5-c4ccccc4)cc3)c3ccc4c5ccccc5c5ccccc5c4c3)cc12. The molecule has 1 atom stereocenters. The average molecular weight is 941 g/mol. The van der Waals surface area contributed by atoms with Crippen molar-refractivity contribution in [3.05, 3.63) is 295 Å². The monoisotopic (exact) mass is 940 g/mol. The van der Waals surface area contributed by atoms with Gasteiger partial charge in [0.15, 0.2) is 0 Å². The number of para-hydroxylation sites is 1. The van der Waals surface area contributed by atoms with Gasteiger partial charge in [0.25, 0.3) is 0 Å². The number of aromatic nitrogens is 1. The molecule has 2 aliphatic carbocycles. The second-order valence-electron chi connectivity index (χ2n) is 20.0. The lowest BCUT2D eigenvalue weighted by Gasteiger charge is -2.33. The summed E-state index contributed by atoms with van der Waals surface area (Å²) in [6.07, 6.45) is 6.31. The zero-order valence-electron chi connectivity index (χ0n) is 40.9. The van der Waals surface area contributed by atoms with E-state index in [1.165, 1.54) is 115 Å². The van der Waals surface area contributed by atoms with Crippen molar-refractivity contribution in [3.8, 4) is 27.9 Å². The van der Waals surface area contributed by atoms with Crippen LogP contribution in [0.25, 0.3) is 98.4 Å². The number of hydrogen-bond acceptors (Lipinski definition) is 1.